The number of ketones is 1. The number of carbonyl (C=O) groups excluding carboxylic acids is 1. The zero-order chi connectivity index (χ0) is 11.5. The monoisotopic (exact) mass is 220 g/mol. The molecule has 0 spiro atoms. The Morgan fingerprint density at radius 3 is 2.94 bits per heavy atom. The summed E-state index contributed by atoms with van der Waals surface area (Å²) in [5, 5.41) is 0. The molecule has 2 aromatic rings. The zero-order valence-electron chi connectivity index (χ0n) is 8.53. The number of aromatic nitrogens is 2. The standard InChI is InChI=1S/C11H9FN2O2/c1-16-9-3-2-7(12)6-8(9)10(15)11-13-4-5-14-11/h2-6H,1H3,(H,13,14). The third kappa shape index (κ3) is 1.79. The van der Waals surface area contributed by atoms with E-state index < -0.39 is 11.6 Å². The van der Waals surface area contributed by atoms with Gasteiger partial charge in [0.2, 0.25) is 5.78 Å². The number of carbonyl (C=O) groups is 1. The van der Waals surface area contributed by atoms with Crippen molar-refractivity contribution in [1.29, 1.82) is 0 Å². The topological polar surface area (TPSA) is 55.0 Å². The van der Waals surface area contributed by atoms with Gasteiger partial charge < -0.3 is 9.72 Å². The van der Waals surface area contributed by atoms with Gasteiger partial charge in [-0.15, -0.1) is 0 Å². The Morgan fingerprint density at radius 2 is 2.31 bits per heavy atom. The minimum Gasteiger partial charge on any atom is -0.496 e. The van der Waals surface area contributed by atoms with Crippen molar-refractivity contribution in [2.24, 2.45) is 0 Å². The number of hydrogen-bond donors (Lipinski definition) is 1. The minimum atomic E-state index is -0.490. The van der Waals surface area contributed by atoms with Gasteiger partial charge in [0.05, 0.1) is 12.7 Å². The van der Waals surface area contributed by atoms with Crippen LogP contribution in [0.1, 0.15) is 16.2 Å². The smallest absolute Gasteiger partial charge is 0.232 e. The fourth-order valence-corrected chi connectivity index (χ4v) is 1.37. The first kappa shape index (κ1) is 10.4. The second-order valence-corrected chi connectivity index (χ2v) is 3.11. The second kappa shape index (κ2) is 4.14. The molecule has 0 unspecified atom stereocenters. The number of nitrogens with one attached hydrogen (secondary N) is 1. The van der Waals surface area contributed by atoms with Crippen molar-refractivity contribution in [3.8, 4) is 5.75 Å². The summed E-state index contributed by atoms with van der Waals surface area (Å²) in [5.41, 5.74) is 0.150. The Morgan fingerprint density at radius 1 is 1.50 bits per heavy atom. The van der Waals surface area contributed by atoms with Crippen LogP contribution < -0.4 is 4.74 Å². The highest BCUT2D eigenvalue weighted by Gasteiger charge is 2.17. The molecule has 0 saturated carbocycles. The third-order valence-corrected chi connectivity index (χ3v) is 2.12. The largest absolute Gasteiger partial charge is 0.496 e. The van der Waals surface area contributed by atoms with E-state index in [2.05, 4.69) is 9.97 Å². The molecule has 0 bridgehead atoms. The van der Waals surface area contributed by atoms with Gasteiger partial charge in [0.15, 0.2) is 5.82 Å². The van der Waals surface area contributed by atoms with Gasteiger partial charge in [-0.3, -0.25) is 4.79 Å². The van der Waals surface area contributed by atoms with Crippen molar-refractivity contribution >= 4 is 5.78 Å². The van der Waals surface area contributed by atoms with Crippen LogP contribution in [-0.4, -0.2) is 22.9 Å². The van der Waals surface area contributed by atoms with E-state index in [0.717, 1.165) is 6.07 Å². The first-order chi connectivity index (χ1) is 7.72. The average molecular weight is 220 g/mol. The van der Waals surface area contributed by atoms with Crippen LogP contribution in [0, 0.1) is 5.82 Å². The summed E-state index contributed by atoms with van der Waals surface area (Å²) in [6.07, 6.45) is 2.98. The van der Waals surface area contributed by atoms with Crippen molar-refractivity contribution in [2.45, 2.75) is 0 Å². The normalized spacial score (nSPS) is 10.1. The molecule has 1 heterocycles. The van der Waals surface area contributed by atoms with Gasteiger partial charge in [0, 0.05) is 12.4 Å². The molecule has 0 aliphatic heterocycles. The van der Waals surface area contributed by atoms with Crippen molar-refractivity contribution in [2.75, 3.05) is 7.11 Å². The maximum atomic E-state index is 13.0. The molecule has 0 aliphatic carbocycles. The van der Waals surface area contributed by atoms with E-state index in [0.29, 0.717) is 5.75 Å². The number of aromatic amines is 1. The number of hydrogen-bond acceptors (Lipinski definition) is 3. The predicted molar refractivity (Wildman–Crippen MR) is 55.0 cm³/mol. The summed E-state index contributed by atoms with van der Waals surface area (Å²) >= 11 is 0. The van der Waals surface area contributed by atoms with E-state index in [1.807, 2.05) is 0 Å². The Balaban J connectivity index is 2.47. The van der Waals surface area contributed by atoms with Crippen LogP contribution >= 0.6 is 0 Å². The zero-order valence-corrected chi connectivity index (χ0v) is 8.53. The van der Waals surface area contributed by atoms with Crippen LogP contribution in [0.25, 0.3) is 0 Å². The predicted octanol–water partition coefficient (Wildman–Crippen LogP) is 1.79. The molecule has 4 nitrogen and oxygen atoms in total. The fourth-order valence-electron chi connectivity index (χ4n) is 1.37. The highest BCUT2D eigenvalue weighted by atomic mass is 19.1. The van der Waals surface area contributed by atoms with Gasteiger partial charge in [-0.05, 0) is 18.2 Å². The van der Waals surface area contributed by atoms with Crippen molar-refractivity contribution in [3.63, 3.8) is 0 Å². The van der Waals surface area contributed by atoms with Gasteiger partial charge in [-0.2, -0.15) is 0 Å². The number of H-pyrrole nitrogens is 1. The Labute approximate surface area is 91.1 Å². The Bertz CT molecular complexity index is 509. The van der Waals surface area contributed by atoms with Crippen LogP contribution in [0.4, 0.5) is 4.39 Å². The first-order valence-corrected chi connectivity index (χ1v) is 4.60. The van der Waals surface area contributed by atoms with E-state index in [9.17, 15) is 9.18 Å². The molecule has 0 radical (unpaired) electrons. The summed E-state index contributed by atoms with van der Waals surface area (Å²) in [4.78, 5) is 18.4. The lowest BCUT2D eigenvalue weighted by atomic mass is 10.1. The quantitative estimate of drug-likeness (QED) is 0.802. The van der Waals surface area contributed by atoms with E-state index in [1.165, 1.54) is 31.6 Å². The second-order valence-electron chi connectivity index (χ2n) is 3.11. The van der Waals surface area contributed by atoms with E-state index in [4.69, 9.17) is 4.74 Å². The van der Waals surface area contributed by atoms with Crippen LogP contribution in [0.2, 0.25) is 0 Å². The maximum Gasteiger partial charge on any atom is 0.232 e. The summed E-state index contributed by atoms with van der Waals surface area (Å²) in [7, 11) is 1.42. The number of halogens is 1. The van der Waals surface area contributed by atoms with Crippen molar-refractivity contribution < 1.29 is 13.9 Å². The molecule has 0 amide bonds. The minimum absolute atomic E-state index is 0.150. The number of rotatable bonds is 3. The molecular formula is C11H9FN2O2. The van der Waals surface area contributed by atoms with Gasteiger partial charge in [0.25, 0.3) is 0 Å². The summed E-state index contributed by atoms with van der Waals surface area (Å²) < 4.78 is 18.0. The maximum absolute atomic E-state index is 13.0. The van der Waals surface area contributed by atoms with E-state index in [-0.39, 0.29) is 11.4 Å². The van der Waals surface area contributed by atoms with Gasteiger partial charge in [-0.25, -0.2) is 9.37 Å². The van der Waals surface area contributed by atoms with Crippen LogP contribution in [0.5, 0.6) is 5.75 Å². The molecule has 0 saturated heterocycles. The molecule has 1 N–H and O–H groups in total. The summed E-state index contributed by atoms with van der Waals surface area (Å²) in [5.74, 6) is -0.413. The molecule has 82 valence electrons. The van der Waals surface area contributed by atoms with Gasteiger partial charge >= 0.3 is 0 Å². The lowest BCUT2D eigenvalue weighted by Crippen LogP contribution is -2.06. The molecule has 16 heavy (non-hydrogen) atoms. The van der Waals surface area contributed by atoms with Crippen molar-refractivity contribution in [3.05, 3.63) is 47.8 Å². The first-order valence-electron chi connectivity index (χ1n) is 4.60. The number of benzene rings is 1. The number of ether oxygens (including phenoxy) is 1. The lowest BCUT2D eigenvalue weighted by molar-refractivity contribution is 0.102. The Hall–Kier alpha value is -2.17. The molecule has 2 rings (SSSR count). The average Bonchev–Trinajstić information content (AvgIpc) is 2.81. The van der Waals surface area contributed by atoms with E-state index in [1.54, 1.807) is 0 Å². The molecular weight excluding hydrogens is 211 g/mol. The number of methoxy groups -OCH3 is 1. The van der Waals surface area contributed by atoms with Crippen LogP contribution in [0.15, 0.2) is 30.6 Å². The molecule has 0 atom stereocenters. The highest BCUT2D eigenvalue weighted by molar-refractivity contribution is 6.08. The highest BCUT2D eigenvalue weighted by Crippen LogP contribution is 2.21. The van der Waals surface area contributed by atoms with Gasteiger partial charge in [0.1, 0.15) is 11.6 Å². The Kier molecular flexibility index (Phi) is 2.68. The SMILES string of the molecule is COc1ccc(F)cc1C(=O)c1ncc[nH]1. The summed E-state index contributed by atoms with van der Waals surface area (Å²) in [6, 6.07) is 3.77. The van der Waals surface area contributed by atoms with E-state index >= 15 is 0 Å². The fraction of sp³-hybridized carbons (Fsp3) is 0.0909. The summed E-state index contributed by atoms with van der Waals surface area (Å²) in [6.45, 7) is 0. The molecule has 1 aromatic carbocycles. The number of imidazole rings is 1. The third-order valence-electron chi connectivity index (χ3n) is 2.12. The molecule has 1 aromatic heterocycles. The molecule has 0 aliphatic rings. The number of nitrogens with zero attached hydrogens (tertiary/aromatic N) is 1. The van der Waals surface area contributed by atoms with Crippen molar-refractivity contribution in [1.82, 2.24) is 9.97 Å². The van der Waals surface area contributed by atoms with Gasteiger partial charge in [-0.1, -0.05) is 0 Å². The molecule has 0 fully saturated rings. The van der Waals surface area contributed by atoms with Crippen LogP contribution in [0.3, 0.4) is 0 Å². The lowest BCUT2D eigenvalue weighted by Gasteiger charge is -2.05. The molecule has 5 heteroatoms. The van der Waals surface area contributed by atoms with Crippen LogP contribution in [-0.2, 0) is 0 Å².